The Kier molecular flexibility index (Phi) is 9.19. The number of amides is 2. The molecule has 0 fully saturated rings. The molecule has 9 nitrogen and oxygen atoms in total. The van der Waals surface area contributed by atoms with E-state index >= 15 is 0 Å². The summed E-state index contributed by atoms with van der Waals surface area (Å²) in [7, 11) is -3.82. The van der Waals surface area contributed by atoms with Crippen molar-refractivity contribution in [2.24, 2.45) is 5.92 Å². The quantitative estimate of drug-likeness (QED) is 0.464. The summed E-state index contributed by atoms with van der Waals surface area (Å²) in [4.78, 5) is 28.2. The summed E-state index contributed by atoms with van der Waals surface area (Å²) >= 11 is 0. The van der Waals surface area contributed by atoms with E-state index in [1.165, 1.54) is 11.0 Å². The van der Waals surface area contributed by atoms with Gasteiger partial charge >= 0.3 is 0 Å². The number of nitrogens with zero attached hydrogens (tertiary/aromatic N) is 2. The van der Waals surface area contributed by atoms with Crippen LogP contribution in [0.4, 0.5) is 5.69 Å². The fourth-order valence-electron chi connectivity index (χ4n) is 3.97. The van der Waals surface area contributed by atoms with Crippen molar-refractivity contribution in [3.8, 4) is 11.5 Å². The average molecular weight is 518 g/mol. The minimum Gasteiger partial charge on any atom is -0.454 e. The van der Waals surface area contributed by atoms with Crippen LogP contribution in [-0.2, 0) is 26.0 Å². The van der Waals surface area contributed by atoms with E-state index in [-0.39, 0.29) is 30.9 Å². The third-order valence-electron chi connectivity index (χ3n) is 5.88. The number of anilines is 1. The fraction of sp³-hybridized carbons (Fsp3) is 0.462. The number of nitrogens with one attached hydrogen (secondary N) is 1. The van der Waals surface area contributed by atoms with E-state index < -0.39 is 28.5 Å². The molecule has 3 rings (SSSR count). The van der Waals surface area contributed by atoms with Gasteiger partial charge in [-0.05, 0) is 36.5 Å². The van der Waals surface area contributed by atoms with Crippen molar-refractivity contribution in [3.05, 3.63) is 54.1 Å². The van der Waals surface area contributed by atoms with E-state index in [0.29, 0.717) is 30.9 Å². The highest BCUT2D eigenvalue weighted by atomic mass is 32.2. The molecule has 0 spiro atoms. The van der Waals surface area contributed by atoms with Gasteiger partial charge in [-0.3, -0.25) is 13.9 Å². The van der Waals surface area contributed by atoms with Crippen molar-refractivity contribution in [1.29, 1.82) is 0 Å². The van der Waals surface area contributed by atoms with Gasteiger partial charge in [0.05, 0.1) is 11.9 Å². The molecule has 0 radical (unpaired) electrons. The number of ether oxygens (including phenoxy) is 2. The molecule has 36 heavy (non-hydrogen) atoms. The highest BCUT2D eigenvalue weighted by Gasteiger charge is 2.32. The first-order chi connectivity index (χ1) is 17.1. The third-order valence-corrected chi connectivity index (χ3v) is 7.02. The number of carbonyl (C=O) groups is 2. The number of rotatable bonds is 12. The molecule has 1 atom stereocenters. The molecule has 0 saturated heterocycles. The SMILES string of the molecule is CCC(C(=O)NCC(C)C)N(CCc1ccccc1)C(=O)CN(c1ccc2c(c1)OCO2)S(C)(=O)=O. The third kappa shape index (κ3) is 7.13. The molecule has 2 aromatic rings. The normalized spacial score (nSPS) is 13.4. The molecule has 1 aliphatic rings. The number of benzene rings is 2. The highest BCUT2D eigenvalue weighted by molar-refractivity contribution is 7.92. The summed E-state index contributed by atoms with van der Waals surface area (Å²) in [5.41, 5.74) is 1.30. The van der Waals surface area contributed by atoms with Crippen molar-refractivity contribution >= 4 is 27.5 Å². The first-order valence-electron chi connectivity index (χ1n) is 12.1. The highest BCUT2D eigenvalue weighted by Crippen LogP contribution is 2.36. The van der Waals surface area contributed by atoms with Gasteiger partial charge in [0.25, 0.3) is 0 Å². The Labute approximate surface area is 213 Å². The number of hydrogen-bond donors (Lipinski definition) is 1. The fourth-order valence-corrected chi connectivity index (χ4v) is 4.81. The maximum absolute atomic E-state index is 13.7. The Hall–Kier alpha value is -3.27. The topological polar surface area (TPSA) is 105 Å². The standard InChI is InChI=1S/C26H35N3O6S/c1-5-22(26(31)27-16-19(2)3)28(14-13-20-9-7-6-8-10-20)25(30)17-29(36(4,32)33)21-11-12-23-24(15-21)35-18-34-23/h6-12,15,19,22H,5,13-14,16-18H2,1-4H3,(H,27,31). The molecule has 1 heterocycles. The first kappa shape index (κ1) is 27.3. The van der Waals surface area contributed by atoms with Gasteiger partial charge in [-0.1, -0.05) is 51.1 Å². The summed E-state index contributed by atoms with van der Waals surface area (Å²) in [6.07, 6.45) is 1.97. The van der Waals surface area contributed by atoms with Gasteiger partial charge in [0.2, 0.25) is 28.6 Å². The van der Waals surface area contributed by atoms with Crippen LogP contribution in [-0.4, -0.2) is 63.9 Å². The van der Waals surface area contributed by atoms with Crippen LogP contribution in [0.3, 0.4) is 0 Å². The molecule has 1 unspecified atom stereocenters. The van der Waals surface area contributed by atoms with Crippen LogP contribution in [0.25, 0.3) is 0 Å². The Morgan fingerprint density at radius 2 is 1.75 bits per heavy atom. The Bertz CT molecular complexity index is 1150. The zero-order chi connectivity index (χ0) is 26.3. The number of hydrogen-bond acceptors (Lipinski definition) is 6. The molecule has 0 aromatic heterocycles. The molecule has 1 N–H and O–H groups in total. The van der Waals surface area contributed by atoms with E-state index in [1.54, 1.807) is 12.1 Å². The van der Waals surface area contributed by atoms with Gasteiger partial charge < -0.3 is 19.7 Å². The first-order valence-corrected chi connectivity index (χ1v) is 13.9. The van der Waals surface area contributed by atoms with E-state index in [2.05, 4.69) is 5.32 Å². The monoisotopic (exact) mass is 517 g/mol. The molecular weight excluding hydrogens is 482 g/mol. The van der Waals surface area contributed by atoms with Crippen LogP contribution in [0, 0.1) is 5.92 Å². The largest absolute Gasteiger partial charge is 0.454 e. The van der Waals surface area contributed by atoms with Gasteiger partial charge in [0.1, 0.15) is 12.6 Å². The molecule has 0 aliphatic carbocycles. The smallest absolute Gasteiger partial charge is 0.244 e. The van der Waals surface area contributed by atoms with Crippen LogP contribution in [0.15, 0.2) is 48.5 Å². The minimum absolute atomic E-state index is 0.0491. The van der Waals surface area contributed by atoms with Crippen LogP contribution < -0.4 is 19.1 Å². The summed E-state index contributed by atoms with van der Waals surface area (Å²) in [6.45, 7) is 6.20. The van der Waals surface area contributed by atoms with Crippen LogP contribution in [0.2, 0.25) is 0 Å². The lowest BCUT2D eigenvalue weighted by Crippen LogP contribution is -2.53. The number of fused-ring (bicyclic) bond motifs is 1. The second kappa shape index (κ2) is 12.1. The lowest BCUT2D eigenvalue weighted by molar-refractivity contribution is -0.139. The van der Waals surface area contributed by atoms with Crippen molar-refractivity contribution in [3.63, 3.8) is 0 Å². The molecule has 2 amide bonds. The molecule has 1 aliphatic heterocycles. The summed E-state index contributed by atoms with van der Waals surface area (Å²) in [5, 5.41) is 2.92. The van der Waals surface area contributed by atoms with Crippen molar-refractivity contribution in [1.82, 2.24) is 10.2 Å². The van der Waals surface area contributed by atoms with Gasteiger partial charge in [-0.25, -0.2) is 8.42 Å². The predicted molar refractivity (Wildman–Crippen MR) is 139 cm³/mol. The van der Waals surface area contributed by atoms with Crippen molar-refractivity contribution < 1.29 is 27.5 Å². The van der Waals surface area contributed by atoms with E-state index in [1.807, 2.05) is 51.1 Å². The number of sulfonamides is 1. The van der Waals surface area contributed by atoms with Gasteiger partial charge in [-0.2, -0.15) is 0 Å². The van der Waals surface area contributed by atoms with Crippen molar-refractivity contribution in [2.75, 3.05) is 37.0 Å². The van der Waals surface area contributed by atoms with Gasteiger partial charge in [-0.15, -0.1) is 0 Å². The average Bonchev–Trinajstić information content (AvgIpc) is 3.31. The predicted octanol–water partition coefficient (Wildman–Crippen LogP) is 2.80. The summed E-state index contributed by atoms with van der Waals surface area (Å²) < 4.78 is 37.2. The maximum Gasteiger partial charge on any atom is 0.244 e. The number of carbonyl (C=O) groups excluding carboxylic acids is 2. The maximum atomic E-state index is 13.7. The Balaban J connectivity index is 1.87. The second-order valence-electron chi connectivity index (χ2n) is 9.19. The van der Waals surface area contributed by atoms with Gasteiger partial charge in [0.15, 0.2) is 11.5 Å². The lowest BCUT2D eigenvalue weighted by atomic mass is 10.1. The lowest BCUT2D eigenvalue weighted by Gasteiger charge is -2.33. The van der Waals surface area contributed by atoms with Crippen LogP contribution >= 0.6 is 0 Å². The molecular formula is C26H35N3O6S. The van der Waals surface area contributed by atoms with Crippen LogP contribution in [0.5, 0.6) is 11.5 Å². The molecule has 196 valence electrons. The Morgan fingerprint density at radius 1 is 1.06 bits per heavy atom. The van der Waals surface area contributed by atoms with Gasteiger partial charge in [0, 0.05) is 19.2 Å². The molecule has 0 bridgehead atoms. The molecule has 10 heteroatoms. The zero-order valence-corrected chi connectivity index (χ0v) is 22.1. The molecule has 0 saturated carbocycles. The molecule has 2 aromatic carbocycles. The van der Waals surface area contributed by atoms with Crippen molar-refractivity contribution in [2.45, 2.75) is 39.7 Å². The van der Waals surface area contributed by atoms with Crippen LogP contribution in [0.1, 0.15) is 32.8 Å². The zero-order valence-electron chi connectivity index (χ0n) is 21.3. The summed E-state index contributed by atoms with van der Waals surface area (Å²) in [6, 6.07) is 13.7. The Morgan fingerprint density at radius 3 is 2.39 bits per heavy atom. The van der Waals surface area contributed by atoms with E-state index in [4.69, 9.17) is 9.47 Å². The second-order valence-corrected chi connectivity index (χ2v) is 11.1. The summed E-state index contributed by atoms with van der Waals surface area (Å²) in [5.74, 6) is 0.471. The van der Waals surface area contributed by atoms with E-state index in [0.717, 1.165) is 16.1 Å². The van der Waals surface area contributed by atoms with E-state index in [9.17, 15) is 18.0 Å². The minimum atomic E-state index is -3.82.